The second-order valence-electron chi connectivity index (χ2n) is 12.7. The molecule has 1 fully saturated rings. The quantitative estimate of drug-likeness (QED) is 0.141. The molecule has 0 saturated carbocycles. The number of benzene rings is 5. The minimum Gasteiger partial charge on any atom is -0.457 e. The van der Waals surface area contributed by atoms with E-state index < -0.39 is 45.3 Å². The molecule has 3 amide bonds. The number of nitrogens with one attached hydrogen (secondary N) is 1. The van der Waals surface area contributed by atoms with Crippen molar-refractivity contribution in [3.63, 3.8) is 0 Å². The van der Waals surface area contributed by atoms with Gasteiger partial charge in [-0.25, -0.2) is 0 Å². The fraction of sp³-hybridized carbons (Fsp3) is 0.175. The van der Waals surface area contributed by atoms with E-state index in [1.165, 1.54) is 0 Å². The maximum atomic E-state index is 14.7. The summed E-state index contributed by atoms with van der Waals surface area (Å²) >= 11 is 15.3. The molecule has 5 aromatic carbocycles. The predicted octanol–water partition coefficient (Wildman–Crippen LogP) is 7.93. The minimum atomic E-state index is -1.34. The average Bonchev–Trinajstić information content (AvgIpc) is 3.37. The van der Waals surface area contributed by atoms with Crippen LogP contribution >= 0.6 is 23.2 Å². The lowest BCUT2D eigenvalue weighted by Crippen LogP contribution is -2.57. The summed E-state index contributed by atoms with van der Waals surface area (Å²) < 4.78 is 5.97. The molecule has 238 valence electrons. The molecule has 3 atom stereocenters. The molecule has 3 aliphatic carbocycles. The van der Waals surface area contributed by atoms with Gasteiger partial charge in [-0.15, -0.1) is 23.2 Å². The molecule has 1 N–H and O–H groups in total. The van der Waals surface area contributed by atoms with Crippen LogP contribution in [0.2, 0.25) is 0 Å². The first kappa shape index (κ1) is 30.4. The Morgan fingerprint density at radius 2 is 1.23 bits per heavy atom. The number of likely N-dealkylation sites (tertiary alicyclic amines) is 1. The number of carbonyl (C=O) groups excluding carboxylic acids is 3. The number of nitrogens with zero attached hydrogens (tertiary/aromatic N) is 1. The lowest BCUT2D eigenvalue weighted by molar-refractivity contribution is -0.146. The van der Waals surface area contributed by atoms with Gasteiger partial charge in [-0.3, -0.25) is 19.3 Å². The summed E-state index contributed by atoms with van der Waals surface area (Å²) in [6.07, 6.45) is 0.114. The van der Waals surface area contributed by atoms with Crippen LogP contribution in [0.15, 0.2) is 127 Å². The summed E-state index contributed by atoms with van der Waals surface area (Å²) in [7, 11) is 0. The fourth-order valence-corrected chi connectivity index (χ4v) is 8.88. The van der Waals surface area contributed by atoms with Crippen LogP contribution in [0.25, 0.3) is 0 Å². The normalized spacial score (nSPS) is 24.0. The zero-order valence-electron chi connectivity index (χ0n) is 25.9. The lowest BCUT2D eigenvalue weighted by Gasteiger charge is -2.54. The van der Waals surface area contributed by atoms with Crippen LogP contribution in [0.3, 0.4) is 0 Å². The van der Waals surface area contributed by atoms with E-state index in [4.69, 9.17) is 27.9 Å². The van der Waals surface area contributed by atoms with Crippen molar-refractivity contribution in [2.75, 3.05) is 5.32 Å². The van der Waals surface area contributed by atoms with Gasteiger partial charge in [0.1, 0.15) is 27.3 Å². The molecule has 5 aromatic rings. The van der Waals surface area contributed by atoms with Crippen molar-refractivity contribution in [2.45, 2.75) is 29.1 Å². The van der Waals surface area contributed by atoms with Crippen molar-refractivity contribution in [1.29, 1.82) is 0 Å². The number of amides is 3. The van der Waals surface area contributed by atoms with Crippen LogP contribution in [0, 0.1) is 18.8 Å². The topological polar surface area (TPSA) is 75.7 Å². The largest absolute Gasteiger partial charge is 0.457 e. The summed E-state index contributed by atoms with van der Waals surface area (Å²) in [5.74, 6) is -2.21. The molecule has 9 rings (SSSR count). The first-order valence-electron chi connectivity index (χ1n) is 15.9. The molecule has 6 nitrogen and oxygen atoms in total. The second kappa shape index (κ2) is 11.4. The summed E-state index contributed by atoms with van der Waals surface area (Å²) in [5.41, 5.74) is 5.21. The molecule has 4 aliphatic rings. The third-order valence-corrected chi connectivity index (χ3v) is 11.1. The van der Waals surface area contributed by atoms with Crippen LogP contribution in [0.4, 0.5) is 5.69 Å². The number of aryl methyl sites for hydroxylation is 1. The van der Waals surface area contributed by atoms with Crippen LogP contribution < -0.4 is 10.1 Å². The van der Waals surface area contributed by atoms with Crippen LogP contribution in [-0.2, 0) is 30.6 Å². The zero-order valence-corrected chi connectivity index (χ0v) is 27.4. The number of carbonyl (C=O) groups is 3. The molecule has 0 radical (unpaired) electrons. The van der Waals surface area contributed by atoms with Crippen LogP contribution in [0.5, 0.6) is 11.5 Å². The van der Waals surface area contributed by atoms with Gasteiger partial charge < -0.3 is 10.1 Å². The summed E-state index contributed by atoms with van der Waals surface area (Å²) in [6.45, 7) is 1.99. The van der Waals surface area contributed by atoms with E-state index in [-0.39, 0.29) is 6.42 Å². The highest BCUT2D eigenvalue weighted by molar-refractivity contribution is 6.36. The highest BCUT2D eigenvalue weighted by Crippen LogP contribution is 2.69. The minimum absolute atomic E-state index is 0.114. The number of alkyl halides is 2. The maximum absolute atomic E-state index is 14.7. The van der Waals surface area contributed by atoms with Gasteiger partial charge >= 0.3 is 0 Å². The Morgan fingerprint density at radius 3 is 1.75 bits per heavy atom. The lowest BCUT2D eigenvalue weighted by atomic mass is 9.54. The SMILES string of the molecule is Cc1cccc(Oc2ccc(NC(=O)[C@H](Cc3ccccc3)N3C(=O)[C@@H]4[C@@H](C3=O)C3(Cl)c5ccccc5C4(Cl)c4ccccc43)cc2)c1. The maximum Gasteiger partial charge on any atom is 0.248 e. The fourth-order valence-electron chi connectivity index (χ4n) is 7.78. The van der Waals surface area contributed by atoms with E-state index in [0.29, 0.717) is 39.4 Å². The molecule has 0 aromatic heterocycles. The molecule has 0 unspecified atom stereocenters. The number of imide groups is 1. The molecule has 1 aliphatic heterocycles. The van der Waals surface area contributed by atoms with Crippen LogP contribution in [0.1, 0.15) is 33.4 Å². The van der Waals surface area contributed by atoms with Crippen molar-refractivity contribution in [2.24, 2.45) is 11.8 Å². The molecular weight excluding hydrogens is 643 g/mol. The average molecular weight is 674 g/mol. The third-order valence-electron chi connectivity index (χ3n) is 9.85. The second-order valence-corrected chi connectivity index (χ2v) is 13.8. The van der Waals surface area contributed by atoms with E-state index >= 15 is 0 Å². The Morgan fingerprint density at radius 1 is 0.708 bits per heavy atom. The Hall–Kier alpha value is -4.91. The van der Waals surface area contributed by atoms with E-state index in [2.05, 4.69) is 5.32 Å². The van der Waals surface area contributed by atoms with Crippen molar-refractivity contribution in [3.05, 3.63) is 161 Å². The summed E-state index contributed by atoms with van der Waals surface area (Å²) in [6, 6.07) is 37.9. The van der Waals surface area contributed by atoms with E-state index in [1.807, 2.05) is 110 Å². The first-order valence-corrected chi connectivity index (χ1v) is 16.6. The van der Waals surface area contributed by atoms with Crippen molar-refractivity contribution >= 4 is 46.6 Å². The van der Waals surface area contributed by atoms with Gasteiger partial charge in [-0.05, 0) is 76.7 Å². The number of halogens is 2. The number of rotatable bonds is 7. The van der Waals surface area contributed by atoms with Crippen LogP contribution in [-0.4, -0.2) is 28.7 Å². The van der Waals surface area contributed by atoms with Gasteiger partial charge in [0.15, 0.2) is 0 Å². The first-order chi connectivity index (χ1) is 23.2. The van der Waals surface area contributed by atoms with Crippen molar-refractivity contribution in [3.8, 4) is 11.5 Å². The predicted molar refractivity (Wildman–Crippen MR) is 185 cm³/mol. The molecule has 1 heterocycles. The number of ether oxygens (including phenoxy) is 1. The molecule has 2 bridgehead atoms. The standard InChI is InChI=1S/C40H30Cl2N2O4/c1-24-10-9-13-28(22-24)48-27-20-18-26(19-21-27)43-36(45)33(23-25-11-3-2-4-12-25)44-37(46)34-35(38(44)47)40(42)30-15-6-5-14-29(30)39(34,41)31-16-7-8-17-32(31)40/h2-22,33-35H,23H2,1H3,(H,43,45)/t33-,34-,35-,39?,40?/m0/s1. The highest BCUT2D eigenvalue weighted by atomic mass is 35.5. The number of hydrogen-bond donors (Lipinski definition) is 1. The molecule has 8 heteroatoms. The Bertz CT molecular complexity index is 1980. The van der Waals surface area contributed by atoms with Gasteiger partial charge in [0.05, 0.1) is 11.8 Å². The third kappa shape index (κ3) is 4.50. The Kier molecular flexibility index (Phi) is 7.20. The monoisotopic (exact) mass is 672 g/mol. The number of hydrogen-bond acceptors (Lipinski definition) is 4. The summed E-state index contributed by atoms with van der Waals surface area (Å²) in [4.78, 5) is 42.1. The van der Waals surface area contributed by atoms with E-state index in [0.717, 1.165) is 16.0 Å². The van der Waals surface area contributed by atoms with Gasteiger partial charge in [-0.1, -0.05) is 91.0 Å². The summed E-state index contributed by atoms with van der Waals surface area (Å²) in [5, 5.41) is 2.95. The highest BCUT2D eigenvalue weighted by Gasteiger charge is 2.73. The Labute approximate surface area is 288 Å². The van der Waals surface area contributed by atoms with Gasteiger partial charge in [0, 0.05) is 12.1 Å². The van der Waals surface area contributed by atoms with E-state index in [9.17, 15) is 14.4 Å². The molecular formula is C40H30Cl2N2O4. The van der Waals surface area contributed by atoms with Gasteiger partial charge in [0.2, 0.25) is 17.7 Å². The van der Waals surface area contributed by atoms with E-state index in [1.54, 1.807) is 24.3 Å². The smallest absolute Gasteiger partial charge is 0.248 e. The van der Waals surface area contributed by atoms with Crippen molar-refractivity contribution in [1.82, 2.24) is 4.90 Å². The number of anilines is 1. The zero-order chi connectivity index (χ0) is 33.2. The van der Waals surface area contributed by atoms with Gasteiger partial charge in [-0.2, -0.15) is 0 Å². The van der Waals surface area contributed by atoms with Gasteiger partial charge in [0.25, 0.3) is 0 Å². The molecule has 48 heavy (non-hydrogen) atoms. The molecule has 1 saturated heterocycles. The molecule has 0 spiro atoms. The Balaban J connectivity index is 1.15. The van der Waals surface area contributed by atoms with Crippen molar-refractivity contribution < 1.29 is 19.1 Å².